The molecule has 0 atom stereocenters. The molecule has 0 radical (unpaired) electrons. The molecule has 0 amide bonds. The highest BCUT2D eigenvalue weighted by atomic mass is 32.1. The van der Waals surface area contributed by atoms with Gasteiger partial charge in [-0.25, -0.2) is 4.98 Å². The average Bonchev–Trinajstić information content (AvgIpc) is 2.75. The fourth-order valence-corrected chi connectivity index (χ4v) is 2.52. The standard InChI is InChI=1S/C13H17BN2O2S/c1-10-15-13(9-19-10)8-16(2)7-11-3-5-12(6-4-11)14(17)18/h3-6,9,17-18H,7-8H2,1-2H3. The largest absolute Gasteiger partial charge is 0.488 e. The van der Waals surface area contributed by atoms with E-state index in [0.29, 0.717) is 5.46 Å². The van der Waals surface area contributed by atoms with Crippen LogP contribution in [-0.2, 0) is 13.1 Å². The first kappa shape index (κ1) is 14.2. The van der Waals surface area contributed by atoms with E-state index in [0.717, 1.165) is 29.4 Å². The van der Waals surface area contributed by atoms with Crippen molar-refractivity contribution in [2.75, 3.05) is 7.05 Å². The van der Waals surface area contributed by atoms with E-state index in [1.165, 1.54) is 0 Å². The third kappa shape index (κ3) is 4.14. The van der Waals surface area contributed by atoms with Gasteiger partial charge in [0, 0.05) is 18.5 Å². The smallest absolute Gasteiger partial charge is 0.423 e. The van der Waals surface area contributed by atoms with E-state index in [9.17, 15) is 0 Å². The number of hydrogen-bond donors (Lipinski definition) is 2. The molecule has 0 aliphatic heterocycles. The Bertz CT molecular complexity index is 528. The van der Waals surface area contributed by atoms with Gasteiger partial charge in [-0.3, -0.25) is 4.90 Å². The number of aromatic nitrogens is 1. The maximum Gasteiger partial charge on any atom is 0.488 e. The second kappa shape index (κ2) is 6.30. The van der Waals surface area contributed by atoms with Gasteiger partial charge < -0.3 is 10.0 Å². The summed E-state index contributed by atoms with van der Waals surface area (Å²) in [6, 6.07) is 7.30. The lowest BCUT2D eigenvalue weighted by atomic mass is 9.80. The molecule has 0 spiro atoms. The Morgan fingerprint density at radius 1 is 1.21 bits per heavy atom. The third-order valence-corrected chi connectivity index (χ3v) is 3.65. The van der Waals surface area contributed by atoms with Crippen LogP contribution in [0.3, 0.4) is 0 Å². The molecule has 1 aromatic heterocycles. The van der Waals surface area contributed by atoms with E-state index in [-0.39, 0.29) is 0 Å². The zero-order chi connectivity index (χ0) is 13.8. The number of thiazole rings is 1. The lowest BCUT2D eigenvalue weighted by Gasteiger charge is -2.15. The minimum Gasteiger partial charge on any atom is -0.423 e. The summed E-state index contributed by atoms with van der Waals surface area (Å²) in [5, 5.41) is 21.2. The number of nitrogens with zero attached hydrogens (tertiary/aromatic N) is 2. The highest BCUT2D eigenvalue weighted by Crippen LogP contribution is 2.11. The summed E-state index contributed by atoms with van der Waals surface area (Å²) < 4.78 is 0. The fraction of sp³-hybridized carbons (Fsp3) is 0.308. The molecule has 0 fully saturated rings. The quantitative estimate of drug-likeness (QED) is 0.792. The Morgan fingerprint density at radius 3 is 2.42 bits per heavy atom. The van der Waals surface area contributed by atoms with Crippen molar-refractivity contribution in [3.05, 3.63) is 45.9 Å². The Labute approximate surface area is 117 Å². The van der Waals surface area contributed by atoms with Crippen LogP contribution in [0.25, 0.3) is 0 Å². The molecule has 1 heterocycles. The maximum absolute atomic E-state index is 9.03. The summed E-state index contributed by atoms with van der Waals surface area (Å²) in [6.45, 7) is 3.63. The number of hydrogen-bond acceptors (Lipinski definition) is 5. The van der Waals surface area contributed by atoms with Gasteiger partial charge >= 0.3 is 7.12 Å². The predicted octanol–water partition coefficient (Wildman–Crippen LogP) is 0.763. The first-order chi connectivity index (χ1) is 9.04. The molecular formula is C13H17BN2O2S. The van der Waals surface area contributed by atoms with E-state index < -0.39 is 7.12 Å². The Kier molecular flexibility index (Phi) is 4.71. The summed E-state index contributed by atoms with van der Waals surface area (Å²) >= 11 is 1.66. The van der Waals surface area contributed by atoms with Gasteiger partial charge in [0.1, 0.15) is 0 Å². The molecule has 0 unspecified atom stereocenters. The highest BCUT2D eigenvalue weighted by Gasteiger charge is 2.10. The predicted molar refractivity (Wildman–Crippen MR) is 78.3 cm³/mol. The van der Waals surface area contributed by atoms with E-state index in [2.05, 4.69) is 15.3 Å². The first-order valence-electron chi connectivity index (χ1n) is 6.09. The molecule has 4 nitrogen and oxygen atoms in total. The van der Waals surface area contributed by atoms with Crippen LogP contribution in [0.2, 0.25) is 0 Å². The number of benzene rings is 1. The first-order valence-corrected chi connectivity index (χ1v) is 6.97. The van der Waals surface area contributed by atoms with Crippen molar-refractivity contribution in [3.63, 3.8) is 0 Å². The van der Waals surface area contributed by atoms with Crippen LogP contribution < -0.4 is 5.46 Å². The van der Waals surface area contributed by atoms with E-state index in [4.69, 9.17) is 10.0 Å². The molecule has 0 aliphatic carbocycles. The number of rotatable bonds is 5. The van der Waals surface area contributed by atoms with Crippen LogP contribution in [0, 0.1) is 6.92 Å². The molecule has 2 aromatic rings. The molecule has 0 saturated heterocycles. The summed E-state index contributed by atoms with van der Waals surface area (Å²) in [5.41, 5.74) is 2.74. The monoisotopic (exact) mass is 276 g/mol. The van der Waals surface area contributed by atoms with E-state index >= 15 is 0 Å². The van der Waals surface area contributed by atoms with Crippen molar-refractivity contribution in [1.29, 1.82) is 0 Å². The molecule has 6 heteroatoms. The van der Waals surface area contributed by atoms with Crippen LogP contribution in [0.15, 0.2) is 29.6 Å². The minimum atomic E-state index is -1.40. The van der Waals surface area contributed by atoms with Crippen LogP contribution >= 0.6 is 11.3 Å². The molecule has 0 aliphatic rings. The van der Waals surface area contributed by atoms with Gasteiger partial charge in [-0.2, -0.15) is 0 Å². The fourth-order valence-electron chi connectivity index (χ4n) is 1.92. The van der Waals surface area contributed by atoms with E-state index in [1.54, 1.807) is 23.5 Å². The van der Waals surface area contributed by atoms with E-state index in [1.807, 2.05) is 26.1 Å². The zero-order valence-electron chi connectivity index (χ0n) is 11.1. The number of aryl methyl sites for hydroxylation is 1. The van der Waals surface area contributed by atoms with Gasteiger partial charge in [-0.05, 0) is 25.0 Å². The third-order valence-electron chi connectivity index (χ3n) is 2.83. The molecule has 1 aromatic carbocycles. The van der Waals surface area contributed by atoms with Gasteiger partial charge in [0.15, 0.2) is 0 Å². The summed E-state index contributed by atoms with van der Waals surface area (Å²) in [4.78, 5) is 6.62. The van der Waals surface area contributed by atoms with Crippen LogP contribution in [-0.4, -0.2) is 34.1 Å². The summed E-state index contributed by atoms with van der Waals surface area (Å²) in [5.74, 6) is 0. The van der Waals surface area contributed by atoms with Crippen LogP contribution in [0.1, 0.15) is 16.3 Å². The Balaban J connectivity index is 1.93. The molecule has 19 heavy (non-hydrogen) atoms. The molecule has 2 rings (SSSR count). The normalized spacial score (nSPS) is 11.0. The Morgan fingerprint density at radius 2 is 1.89 bits per heavy atom. The van der Waals surface area contributed by atoms with Crippen molar-refractivity contribution in [2.24, 2.45) is 0 Å². The van der Waals surface area contributed by atoms with Crippen LogP contribution in [0.5, 0.6) is 0 Å². The summed E-state index contributed by atoms with van der Waals surface area (Å²) in [7, 11) is 0.647. The van der Waals surface area contributed by atoms with Gasteiger partial charge in [0.2, 0.25) is 0 Å². The van der Waals surface area contributed by atoms with Crippen molar-refractivity contribution in [1.82, 2.24) is 9.88 Å². The second-order valence-corrected chi connectivity index (χ2v) is 5.71. The Hall–Kier alpha value is -1.21. The van der Waals surface area contributed by atoms with Gasteiger partial charge in [-0.1, -0.05) is 24.3 Å². The van der Waals surface area contributed by atoms with Gasteiger partial charge in [0.25, 0.3) is 0 Å². The zero-order valence-corrected chi connectivity index (χ0v) is 11.9. The van der Waals surface area contributed by atoms with Gasteiger partial charge in [-0.15, -0.1) is 11.3 Å². The lowest BCUT2D eigenvalue weighted by molar-refractivity contribution is 0.315. The minimum absolute atomic E-state index is 0.515. The van der Waals surface area contributed by atoms with Crippen molar-refractivity contribution < 1.29 is 10.0 Å². The molecule has 2 N–H and O–H groups in total. The topological polar surface area (TPSA) is 56.6 Å². The maximum atomic E-state index is 9.03. The lowest BCUT2D eigenvalue weighted by Crippen LogP contribution is -2.29. The van der Waals surface area contributed by atoms with Crippen LogP contribution in [0.4, 0.5) is 0 Å². The van der Waals surface area contributed by atoms with Gasteiger partial charge in [0.05, 0.1) is 10.7 Å². The highest BCUT2D eigenvalue weighted by molar-refractivity contribution is 7.09. The van der Waals surface area contributed by atoms with Crippen molar-refractivity contribution in [3.8, 4) is 0 Å². The summed E-state index contributed by atoms with van der Waals surface area (Å²) in [6.07, 6.45) is 0. The van der Waals surface area contributed by atoms with Crippen molar-refractivity contribution >= 4 is 23.9 Å². The molecule has 0 bridgehead atoms. The SMILES string of the molecule is Cc1nc(CN(C)Cc2ccc(B(O)O)cc2)cs1. The van der Waals surface area contributed by atoms with Crippen molar-refractivity contribution in [2.45, 2.75) is 20.0 Å². The average molecular weight is 276 g/mol. The molecule has 0 saturated carbocycles. The second-order valence-electron chi connectivity index (χ2n) is 4.65. The molecule has 100 valence electrons. The molecular weight excluding hydrogens is 259 g/mol.